The second-order valence-electron chi connectivity index (χ2n) is 5.81. The van der Waals surface area contributed by atoms with Gasteiger partial charge >= 0.3 is 0 Å². The third-order valence-electron chi connectivity index (χ3n) is 3.55. The Morgan fingerprint density at radius 1 is 0.952 bits per heavy atom. The number of ether oxygens (including phenoxy) is 1. The Morgan fingerprint density at radius 3 is 2.14 bits per heavy atom. The third-order valence-corrected chi connectivity index (χ3v) is 4.75. The van der Waals surface area contributed by atoms with Crippen molar-refractivity contribution in [2.45, 2.75) is 52.8 Å². The molecule has 3 heteroatoms. The Bertz CT molecular complexity index is 559. The van der Waals surface area contributed by atoms with Crippen LogP contribution in [0.1, 0.15) is 55.8 Å². The fourth-order valence-electron chi connectivity index (χ4n) is 2.48. The minimum Gasteiger partial charge on any atom is -0.491 e. The van der Waals surface area contributed by atoms with Gasteiger partial charge in [0.1, 0.15) is 5.75 Å². The van der Waals surface area contributed by atoms with Crippen molar-refractivity contribution < 1.29 is 4.74 Å². The summed E-state index contributed by atoms with van der Waals surface area (Å²) in [6, 6.07) is 11.2. The quantitative estimate of drug-likeness (QED) is 0.786. The normalized spacial score (nSPS) is 14.2. The van der Waals surface area contributed by atoms with Crippen LogP contribution in [-0.2, 0) is 0 Å². The number of aryl methyl sites for hydroxylation is 1. The average molecular weight is 303 g/mol. The summed E-state index contributed by atoms with van der Waals surface area (Å²) in [5, 5.41) is 5.83. The molecule has 1 aromatic heterocycles. The summed E-state index contributed by atoms with van der Waals surface area (Å²) < 4.78 is 5.69. The van der Waals surface area contributed by atoms with E-state index in [0.29, 0.717) is 12.1 Å². The van der Waals surface area contributed by atoms with E-state index in [1.165, 1.54) is 16.0 Å². The van der Waals surface area contributed by atoms with Crippen LogP contribution < -0.4 is 10.1 Å². The lowest BCUT2D eigenvalue weighted by molar-refractivity contribution is 0.242. The van der Waals surface area contributed by atoms with Crippen molar-refractivity contribution in [2.75, 3.05) is 0 Å². The van der Waals surface area contributed by atoms with Crippen molar-refractivity contribution >= 4 is 11.3 Å². The molecular formula is C18H25NOS. The van der Waals surface area contributed by atoms with Crippen LogP contribution in [0, 0.1) is 6.92 Å². The molecule has 0 saturated heterocycles. The van der Waals surface area contributed by atoms with E-state index < -0.39 is 0 Å². The van der Waals surface area contributed by atoms with Crippen molar-refractivity contribution in [2.24, 2.45) is 0 Å². The Hall–Kier alpha value is -1.32. The van der Waals surface area contributed by atoms with Crippen LogP contribution in [0.25, 0.3) is 0 Å². The summed E-state index contributed by atoms with van der Waals surface area (Å²) in [6.07, 6.45) is 0.216. The van der Waals surface area contributed by atoms with E-state index >= 15 is 0 Å². The van der Waals surface area contributed by atoms with Crippen LogP contribution in [0.15, 0.2) is 35.7 Å². The zero-order valence-electron chi connectivity index (χ0n) is 13.5. The number of nitrogens with one attached hydrogen (secondary N) is 1. The Kier molecular flexibility index (Phi) is 5.43. The molecule has 0 aliphatic carbocycles. The van der Waals surface area contributed by atoms with E-state index in [2.05, 4.69) is 61.8 Å². The molecule has 0 saturated carbocycles. The Balaban J connectivity index is 2.00. The van der Waals surface area contributed by atoms with Crippen molar-refractivity contribution in [3.8, 4) is 5.75 Å². The molecule has 0 fully saturated rings. The van der Waals surface area contributed by atoms with E-state index in [4.69, 9.17) is 4.74 Å². The average Bonchev–Trinajstić information content (AvgIpc) is 2.85. The number of rotatable bonds is 6. The van der Waals surface area contributed by atoms with E-state index in [1.807, 2.05) is 25.2 Å². The van der Waals surface area contributed by atoms with Crippen LogP contribution in [0.2, 0.25) is 0 Å². The topological polar surface area (TPSA) is 21.3 Å². The van der Waals surface area contributed by atoms with E-state index in [9.17, 15) is 0 Å². The van der Waals surface area contributed by atoms with Crippen LogP contribution in [0.3, 0.4) is 0 Å². The monoisotopic (exact) mass is 303 g/mol. The molecule has 2 atom stereocenters. The molecule has 0 spiro atoms. The summed E-state index contributed by atoms with van der Waals surface area (Å²) >= 11 is 1.82. The number of thiophene rings is 1. The second-order valence-corrected chi connectivity index (χ2v) is 6.76. The fourth-order valence-corrected chi connectivity index (χ4v) is 3.43. The zero-order chi connectivity index (χ0) is 15.4. The predicted octanol–water partition coefficient (Wildman–Crippen LogP) is 5.26. The van der Waals surface area contributed by atoms with Gasteiger partial charge < -0.3 is 10.1 Å². The van der Waals surface area contributed by atoms with Gasteiger partial charge in [0.05, 0.1) is 6.10 Å². The number of benzene rings is 1. The van der Waals surface area contributed by atoms with Crippen LogP contribution in [-0.4, -0.2) is 6.10 Å². The molecule has 1 heterocycles. The molecule has 2 unspecified atom stereocenters. The maximum Gasteiger partial charge on any atom is 0.119 e. The lowest BCUT2D eigenvalue weighted by Crippen LogP contribution is -2.22. The Morgan fingerprint density at radius 2 is 1.62 bits per heavy atom. The Labute approximate surface area is 132 Å². The highest BCUT2D eigenvalue weighted by Crippen LogP contribution is 2.26. The molecule has 1 aromatic carbocycles. The maximum absolute atomic E-state index is 5.69. The molecule has 2 rings (SSSR count). The largest absolute Gasteiger partial charge is 0.491 e. The minimum absolute atomic E-state index is 0.216. The summed E-state index contributed by atoms with van der Waals surface area (Å²) in [5.74, 6) is 0.933. The molecule has 0 amide bonds. The first-order valence-electron chi connectivity index (χ1n) is 7.54. The minimum atomic E-state index is 0.216. The second kappa shape index (κ2) is 7.10. The van der Waals surface area contributed by atoms with Gasteiger partial charge in [-0.25, -0.2) is 0 Å². The van der Waals surface area contributed by atoms with Gasteiger partial charge in [0.25, 0.3) is 0 Å². The van der Waals surface area contributed by atoms with E-state index in [0.717, 1.165) is 5.75 Å². The first-order chi connectivity index (χ1) is 9.97. The summed E-state index contributed by atoms with van der Waals surface area (Å²) in [4.78, 5) is 1.42. The molecule has 1 N–H and O–H groups in total. The lowest BCUT2D eigenvalue weighted by atomic mass is 10.1. The van der Waals surface area contributed by atoms with Crippen molar-refractivity contribution in [1.29, 1.82) is 0 Å². The lowest BCUT2D eigenvalue weighted by Gasteiger charge is -2.21. The van der Waals surface area contributed by atoms with Gasteiger partial charge in [-0.15, -0.1) is 11.3 Å². The highest BCUT2D eigenvalue weighted by atomic mass is 32.1. The highest BCUT2D eigenvalue weighted by molar-refractivity contribution is 7.10. The van der Waals surface area contributed by atoms with Gasteiger partial charge in [-0.2, -0.15) is 0 Å². The molecule has 114 valence electrons. The molecule has 0 aliphatic rings. The highest BCUT2D eigenvalue weighted by Gasteiger charge is 2.14. The molecule has 2 aromatic rings. The molecule has 0 aliphatic heterocycles. The van der Waals surface area contributed by atoms with Gasteiger partial charge in [-0.1, -0.05) is 12.1 Å². The van der Waals surface area contributed by atoms with Crippen LogP contribution in [0.5, 0.6) is 5.75 Å². The van der Waals surface area contributed by atoms with E-state index in [-0.39, 0.29) is 6.10 Å². The molecule has 0 radical (unpaired) electrons. The van der Waals surface area contributed by atoms with Crippen LogP contribution in [0.4, 0.5) is 0 Å². The molecule has 2 nitrogen and oxygen atoms in total. The summed E-state index contributed by atoms with van der Waals surface area (Å²) in [7, 11) is 0. The van der Waals surface area contributed by atoms with E-state index in [1.54, 1.807) is 0 Å². The number of hydrogen-bond donors (Lipinski definition) is 1. The molecular weight excluding hydrogens is 278 g/mol. The molecule has 21 heavy (non-hydrogen) atoms. The maximum atomic E-state index is 5.69. The van der Waals surface area contributed by atoms with Gasteiger partial charge in [-0.05, 0) is 69.3 Å². The van der Waals surface area contributed by atoms with Gasteiger partial charge in [0.15, 0.2) is 0 Å². The SMILES string of the molecule is Cc1ccsc1C(C)NC(C)c1ccc(OC(C)C)cc1. The molecule has 0 bridgehead atoms. The first-order valence-corrected chi connectivity index (χ1v) is 8.42. The standard InChI is InChI=1S/C18H25NOS/c1-12(2)20-17-8-6-16(7-9-17)14(4)19-15(5)18-13(3)10-11-21-18/h6-12,14-15,19H,1-5H3. The van der Waals surface area contributed by atoms with Gasteiger partial charge in [0, 0.05) is 17.0 Å². The fraction of sp³-hybridized carbons (Fsp3) is 0.444. The zero-order valence-corrected chi connectivity index (χ0v) is 14.3. The first kappa shape index (κ1) is 16.1. The van der Waals surface area contributed by atoms with Gasteiger partial charge in [0.2, 0.25) is 0 Å². The van der Waals surface area contributed by atoms with Crippen molar-refractivity contribution in [1.82, 2.24) is 5.32 Å². The smallest absolute Gasteiger partial charge is 0.119 e. The third kappa shape index (κ3) is 4.32. The van der Waals surface area contributed by atoms with Crippen LogP contribution >= 0.6 is 11.3 Å². The predicted molar refractivity (Wildman–Crippen MR) is 91.2 cm³/mol. The van der Waals surface area contributed by atoms with Gasteiger partial charge in [-0.3, -0.25) is 0 Å². The van der Waals surface area contributed by atoms with Crippen molar-refractivity contribution in [3.63, 3.8) is 0 Å². The number of hydrogen-bond acceptors (Lipinski definition) is 3. The summed E-state index contributed by atoms with van der Waals surface area (Å²) in [6.45, 7) is 10.7. The van der Waals surface area contributed by atoms with Crippen molar-refractivity contribution in [3.05, 3.63) is 51.7 Å². The summed E-state index contributed by atoms with van der Waals surface area (Å²) in [5.41, 5.74) is 2.65.